The number of imidazole rings is 2. The summed E-state index contributed by atoms with van der Waals surface area (Å²) in [7, 11) is 3.77. The van der Waals surface area contributed by atoms with E-state index in [1.54, 1.807) is 18.2 Å². The Morgan fingerprint density at radius 3 is 1.73 bits per heavy atom. The highest BCUT2D eigenvalue weighted by molar-refractivity contribution is 6.40. The molecule has 0 saturated heterocycles. The maximum absolute atomic E-state index is 13.7. The van der Waals surface area contributed by atoms with Gasteiger partial charge in [-0.25, -0.2) is 9.97 Å². The second kappa shape index (κ2) is 15.7. The number of carboxylic acids is 1. The molecule has 4 heterocycles. The number of halogens is 2. The standard InChI is InChI=1S/C41H48Cl2N8O4/c1-48-33-16-19-50(18-15-24-11-13-26(14-12-24)41(54)55)22-31(33)44-37(48)39(52)46-29-7-3-5-27(35(29)42)28-6-4-8-30(36(28)43)47-40(53)38-45-32-23-51(21-25-9-10-25)20-17-34(32)49(38)2/h3-8,24-26H,9-23H2,1-2H3,(H,46,52)(H,47,53)(H,54,55). The first-order valence-corrected chi connectivity index (χ1v) is 20.3. The number of amides is 2. The van der Waals surface area contributed by atoms with E-state index in [-0.39, 0.29) is 17.7 Å². The van der Waals surface area contributed by atoms with E-state index in [1.165, 1.54) is 12.8 Å². The molecule has 2 saturated carbocycles. The topological polar surface area (TPSA) is 138 Å². The molecule has 0 atom stereocenters. The van der Waals surface area contributed by atoms with Crippen molar-refractivity contribution >= 4 is 52.4 Å². The van der Waals surface area contributed by atoms with Gasteiger partial charge in [0.15, 0.2) is 11.6 Å². The fourth-order valence-corrected chi connectivity index (χ4v) is 9.23. The quantitative estimate of drug-likeness (QED) is 0.147. The number of carbonyl (C=O) groups is 3. The Kier molecular flexibility index (Phi) is 10.8. The normalized spacial score (nSPS) is 20.1. The molecule has 2 aliphatic carbocycles. The van der Waals surface area contributed by atoms with Gasteiger partial charge in [-0.15, -0.1) is 0 Å². The molecule has 55 heavy (non-hydrogen) atoms. The second-order valence-corrected chi connectivity index (χ2v) is 16.6. The maximum Gasteiger partial charge on any atom is 0.306 e. The van der Waals surface area contributed by atoms with E-state index >= 15 is 0 Å². The Hall–Kier alpha value is -4.23. The van der Waals surface area contributed by atoms with Crippen molar-refractivity contribution in [2.75, 3.05) is 36.8 Å². The van der Waals surface area contributed by atoms with Crippen molar-refractivity contribution in [3.05, 3.63) is 80.9 Å². The lowest BCUT2D eigenvalue weighted by molar-refractivity contribution is -0.143. The van der Waals surface area contributed by atoms with Crippen LogP contribution in [0, 0.1) is 17.8 Å². The van der Waals surface area contributed by atoms with Crippen LogP contribution in [0.1, 0.15) is 89.0 Å². The van der Waals surface area contributed by atoms with Gasteiger partial charge in [0.1, 0.15) is 0 Å². The Labute approximate surface area is 331 Å². The maximum atomic E-state index is 13.7. The number of rotatable bonds is 11. The van der Waals surface area contributed by atoms with Gasteiger partial charge in [0.05, 0.1) is 38.7 Å². The number of carboxylic acid groups (broad SMARTS) is 1. The highest BCUT2D eigenvalue weighted by Crippen LogP contribution is 2.41. The summed E-state index contributed by atoms with van der Waals surface area (Å²) in [6, 6.07) is 10.8. The number of hydrogen-bond donors (Lipinski definition) is 3. The van der Waals surface area contributed by atoms with Crippen molar-refractivity contribution in [2.45, 2.75) is 70.9 Å². The molecule has 0 spiro atoms. The Bertz CT molecular complexity index is 2130. The molecule has 0 unspecified atom stereocenters. The minimum Gasteiger partial charge on any atom is -0.481 e. The van der Waals surface area contributed by atoms with Crippen LogP contribution in [0.5, 0.6) is 0 Å². The van der Waals surface area contributed by atoms with Gasteiger partial charge in [0.2, 0.25) is 0 Å². The number of hydrogen-bond acceptors (Lipinski definition) is 7. The number of nitrogens with one attached hydrogen (secondary N) is 2. The summed E-state index contributed by atoms with van der Waals surface area (Å²) < 4.78 is 3.77. The van der Waals surface area contributed by atoms with Gasteiger partial charge in [0, 0.05) is 82.2 Å². The zero-order chi connectivity index (χ0) is 38.4. The van der Waals surface area contributed by atoms with E-state index in [2.05, 4.69) is 20.4 Å². The minimum absolute atomic E-state index is 0.195. The zero-order valence-corrected chi connectivity index (χ0v) is 32.9. The lowest BCUT2D eigenvalue weighted by atomic mass is 9.80. The molecule has 0 bridgehead atoms. The molecular formula is C41H48Cl2N8O4. The van der Waals surface area contributed by atoms with Crippen molar-refractivity contribution in [3.8, 4) is 11.1 Å². The first-order chi connectivity index (χ1) is 26.5. The molecule has 2 fully saturated rings. The van der Waals surface area contributed by atoms with Gasteiger partial charge in [0.25, 0.3) is 11.8 Å². The Balaban J connectivity index is 0.923. The molecular weight excluding hydrogens is 739 g/mol. The van der Waals surface area contributed by atoms with Crippen LogP contribution in [0.2, 0.25) is 10.0 Å². The lowest BCUT2D eigenvalue weighted by Crippen LogP contribution is -2.33. The summed E-state index contributed by atoms with van der Waals surface area (Å²) >= 11 is 13.9. The van der Waals surface area contributed by atoms with E-state index in [0.29, 0.717) is 56.7 Å². The van der Waals surface area contributed by atoms with Gasteiger partial charge in [-0.1, -0.05) is 47.5 Å². The number of anilines is 2. The van der Waals surface area contributed by atoms with E-state index in [9.17, 15) is 19.5 Å². The van der Waals surface area contributed by atoms with Crippen molar-refractivity contribution < 1.29 is 19.5 Å². The smallest absolute Gasteiger partial charge is 0.306 e. The third-order valence-corrected chi connectivity index (χ3v) is 12.9. The van der Waals surface area contributed by atoms with E-state index in [4.69, 9.17) is 33.2 Å². The van der Waals surface area contributed by atoms with Crippen LogP contribution in [0.3, 0.4) is 0 Å². The number of carbonyl (C=O) groups excluding carboxylic acids is 2. The largest absolute Gasteiger partial charge is 0.481 e. The summed E-state index contributed by atoms with van der Waals surface area (Å²) in [5.41, 5.74) is 6.08. The molecule has 4 aromatic rings. The van der Waals surface area contributed by atoms with E-state index in [0.717, 1.165) is 106 Å². The summed E-state index contributed by atoms with van der Waals surface area (Å²) in [6.07, 6.45) is 8.77. The fraction of sp³-hybridized carbons (Fsp3) is 0.488. The molecule has 290 valence electrons. The second-order valence-electron chi connectivity index (χ2n) is 15.8. The summed E-state index contributed by atoms with van der Waals surface area (Å²) in [5.74, 6) is 0.456. The molecule has 4 aliphatic rings. The average Bonchev–Trinajstić information content (AvgIpc) is 3.85. The molecule has 2 aromatic carbocycles. The molecule has 2 aromatic heterocycles. The zero-order valence-electron chi connectivity index (χ0n) is 31.4. The highest BCUT2D eigenvalue weighted by Gasteiger charge is 2.31. The average molecular weight is 788 g/mol. The number of benzene rings is 2. The van der Waals surface area contributed by atoms with E-state index < -0.39 is 5.97 Å². The predicted octanol–water partition coefficient (Wildman–Crippen LogP) is 7.04. The van der Waals surface area contributed by atoms with E-state index in [1.807, 2.05) is 41.4 Å². The molecule has 8 rings (SSSR count). The van der Waals surface area contributed by atoms with Crippen LogP contribution >= 0.6 is 23.2 Å². The van der Waals surface area contributed by atoms with Crippen LogP contribution in [0.15, 0.2) is 36.4 Å². The molecule has 0 radical (unpaired) electrons. The fourth-order valence-electron chi connectivity index (χ4n) is 8.68. The Morgan fingerprint density at radius 2 is 1.22 bits per heavy atom. The number of aromatic nitrogens is 4. The number of aliphatic carboxylic acids is 1. The van der Waals surface area contributed by atoms with Crippen molar-refractivity contribution in [3.63, 3.8) is 0 Å². The molecule has 2 amide bonds. The van der Waals surface area contributed by atoms with Crippen LogP contribution < -0.4 is 10.6 Å². The third kappa shape index (κ3) is 7.92. The van der Waals surface area contributed by atoms with Crippen molar-refractivity contribution in [1.29, 1.82) is 0 Å². The lowest BCUT2D eigenvalue weighted by Gasteiger charge is -2.30. The monoisotopic (exact) mass is 786 g/mol. The summed E-state index contributed by atoms with van der Waals surface area (Å²) in [6.45, 7) is 5.32. The first kappa shape index (κ1) is 37.7. The van der Waals surface area contributed by atoms with Crippen LogP contribution in [-0.2, 0) is 44.8 Å². The van der Waals surface area contributed by atoms with Crippen LogP contribution in [-0.4, -0.2) is 78.0 Å². The molecule has 2 aliphatic heterocycles. The van der Waals surface area contributed by atoms with Gasteiger partial charge in [-0.05, 0) is 75.5 Å². The minimum atomic E-state index is -0.668. The number of nitrogens with zero attached hydrogens (tertiary/aromatic N) is 6. The summed E-state index contributed by atoms with van der Waals surface area (Å²) in [5, 5.41) is 15.9. The van der Waals surface area contributed by atoms with Crippen molar-refractivity contribution in [1.82, 2.24) is 28.9 Å². The van der Waals surface area contributed by atoms with Gasteiger partial charge < -0.3 is 24.9 Å². The highest BCUT2D eigenvalue weighted by atomic mass is 35.5. The summed E-state index contributed by atoms with van der Waals surface area (Å²) in [4.78, 5) is 53.0. The third-order valence-electron chi connectivity index (χ3n) is 12.1. The van der Waals surface area contributed by atoms with Gasteiger partial charge in [-0.2, -0.15) is 0 Å². The number of fused-ring (bicyclic) bond motifs is 2. The van der Waals surface area contributed by atoms with Crippen LogP contribution in [0.4, 0.5) is 11.4 Å². The van der Waals surface area contributed by atoms with Crippen LogP contribution in [0.25, 0.3) is 11.1 Å². The predicted molar refractivity (Wildman–Crippen MR) is 213 cm³/mol. The molecule has 14 heteroatoms. The first-order valence-electron chi connectivity index (χ1n) is 19.5. The van der Waals surface area contributed by atoms with Crippen molar-refractivity contribution in [2.24, 2.45) is 31.8 Å². The molecule has 3 N–H and O–H groups in total. The van der Waals surface area contributed by atoms with Gasteiger partial charge in [-0.3, -0.25) is 24.2 Å². The SMILES string of the molecule is Cn1c(C(=O)Nc2cccc(-c3cccc(NC(=O)c4nc5c(n4C)CCN(CC4CC4)C5)c3Cl)c2Cl)nc2c1CCN(CCC1CCC(C(=O)O)CC1)C2. The Morgan fingerprint density at radius 1 is 0.727 bits per heavy atom. The van der Waals surface area contributed by atoms with Gasteiger partial charge >= 0.3 is 5.97 Å². The molecule has 12 nitrogen and oxygen atoms in total.